The van der Waals surface area contributed by atoms with Crippen LogP contribution in [0.4, 0.5) is 5.69 Å². The third kappa shape index (κ3) is 10.3. The molecule has 1 amide bonds. The molecule has 0 saturated carbocycles. The Morgan fingerprint density at radius 1 is 1.11 bits per heavy atom. The van der Waals surface area contributed by atoms with Crippen molar-refractivity contribution in [1.82, 2.24) is 10.9 Å². The zero-order chi connectivity index (χ0) is 20.4. The fourth-order valence-electron chi connectivity index (χ4n) is 1.74. The summed E-state index contributed by atoms with van der Waals surface area (Å²) in [6.07, 6.45) is -0.158. The summed E-state index contributed by atoms with van der Waals surface area (Å²) in [5, 5.41) is 3.21. The molecule has 1 aromatic rings. The third-order valence-electron chi connectivity index (χ3n) is 2.70. The van der Waals surface area contributed by atoms with Gasteiger partial charge in [0.2, 0.25) is 11.6 Å². The third-order valence-corrected chi connectivity index (χ3v) is 8.29. The maximum Gasteiger partial charge on any atom is 0.248 e. The average Bonchev–Trinajstić information content (AvgIpc) is 2.57. The standard InChI is InChI=1S/C16H26N3O4PS3/c1-11(2)22-24(26,23-12(3)4)27-10-15(20)18-19-16(25)17-13-6-8-14(21-5)9-7-13/h6-9,11-12H,10H2,1-5H3,(H,18,20)(H2,17,19,25). The largest absolute Gasteiger partial charge is 0.497 e. The number of benzene rings is 1. The van der Waals surface area contributed by atoms with Crippen molar-refractivity contribution in [3.8, 4) is 5.75 Å². The normalized spacial score (nSPS) is 11.4. The highest BCUT2D eigenvalue weighted by Crippen LogP contribution is 2.62. The highest BCUT2D eigenvalue weighted by atomic mass is 32.9. The van der Waals surface area contributed by atoms with Gasteiger partial charge >= 0.3 is 0 Å². The summed E-state index contributed by atoms with van der Waals surface area (Å²) in [5.41, 5.74) is 3.35. The Morgan fingerprint density at radius 3 is 2.15 bits per heavy atom. The van der Waals surface area contributed by atoms with Crippen LogP contribution < -0.4 is 20.9 Å². The SMILES string of the molecule is COc1ccc(NC(=S)NNC(=O)CSP(=S)(OC(C)C)OC(C)C)cc1. The van der Waals surface area contributed by atoms with E-state index in [2.05, 4.69) is 16.2 Å². The molecule has 0 radical (unpaired) electrons. The van der Waals surface area contributed by atoms with Gasteiger partial charge in [-0.05, 0) is 76.0 Å². The Balaban J connectivity index is 2.43. The first-order chi connectivity index (χ1) is 12.6. The van der Waals surface area contributed by atoms with Gasteiger partial charge in [0.15, 0.2) is 5.11 Å². The number of hydrogen-bond acceptors (Lipinski definition) is 7. The van der Waals surface area contributed by atoms with Crippen LogP contribution in [0.1, 0.15) is 27.7 Å². The molecule has 7 nitrogen and oxygen atoms in total. The van der Waals surface area contributed by atoms with E-state index < -0.39 is 5.69 Å². The topological polar surface area (TPSA) is 80.9 Å². The number of amides is 1. The highest BCUT2D eigenvalue weighted by molar-refractivity contribution is 8.68. The lowest BCUT2D eigenvalue weighted by Crippen LogP contribution is -2.44. The number of hydrogen-bond donors (Lipinski definition) is 3. The number of thiocarbonyl (C=S) groups is 1. The van der Waals surface area contributed by atoms with E-state index in [1.54, 1.807) is 19.2 Å². The fourth-order valence-corrected chi connectivity index (χ4v) is 7.19. The molecule has 27 heavy (non-hydrogen) atoms. The van der Waals surface area contributed by atoms with E-state index in [4.69, 9.17) is 37.8 Å². The minimum absolute atomic E-state index is 0.0791. The molecule has 152 valence electrons. The molecular weight excluding hydrogens is 425 g/mol. The number of carbonyl (C=O) groups is 1. The summed E-state index contributed by atoms with van der Waals surface area (Å²) in [7, 11) is 1.60. The van der Waals surface area contributed by atoms with Crippen molar-refractivity contribution in [1.29, 1.82) is 0 Å². The number of ether oxygens (including phenoxy) is 1. The smallest absolute Gasteiger partial charge is 0.248 e. The van der Waals surface area contributed by atoms with Crippen molar-refractivity contribution in [2.24, 2.45) is 0 Å². The molecule has 0 aliphatic heterocycles. The van der Waals surface area contributed by atoms with Crippen molar-refractivity contribution in [3.63, 3.8) is 0 Å². The van der Waals surface area contributed by atoms with Crippen LogP contribution in [0.25, 0.3) is 0 Å². The Bertz CT molecular complexity index is 657. The van der Waals surface area contributed by atoms with Crippen LogP contribution in [-0.4, -0.2) is 36.1 Å². The predicted octanol–water partition coefficient (Wildman–Crippen LogP) is 3.82. The van der Waals surface area contributed by atoms with Crippen molar-refractivity contribution >= 4 is 57.8 Å². The van der Waals surface area contributed by atoms with Crippen LogP contribution in [0.5, 0.6) is 5.75 Å². The molecule has 0 unspecified atom stereocenters. The second-order valence-corrected chi connectivity index (χ2v) is 12.5. The lowest BCUT2D eigenvalue weighted by Gasteiger charge is -2.25. The number of methoxy groups -OCH3 is 1. The summed E-state index contributed by atoms with van der Waals surface area (Å²) in [4.78, 5) is 12.1. The van der Waals surface area contributed by atoms with Crippen molar-refractivity contribution in [2.45, 2.75) is 39.9 Å². The van der Waals surface area contributed by atoms with E-state index >= 15 is 0 Å². The van der Waals surface area contributed by atoms with Crippen molar-refractivity contribution < 1.29 is 18.6 Å². The van der Waals surface area contributed by atoms with Crippen LogP contribution in [0.2, 0.25) is 0 Å². The second kappa shape index (κ2) is 11.8. The minimum Gasteiger partial charge on any atom is -0.497 e. The van der Waals surface area contributed by atoms with E-state index in [0.29, 0.717) is 0 Å². The van der Waals surface area contributed by atoms with Crippen molar-refractivity contribution in [2.75, 3.05) is 18.2 Å². The van der Waals surface area contributed by atoms with Gasteiger partial charge in [0.05, 0.1) is 25.1 Å². The van der Waals surface area contributed by atoms with Gasteiger partial charge in [-0.15, -0.1) is 0 Å². The number of carbonyl (C=O) groups excluding carboxylic acids is 1. The lowest BCUT2D eigenvalue weighted by molar-refractivity contribution is -0.119. The monoisotopic (exact) mass is 451 g/mol. The van der Waals surface area contributed by atoms with Gasteiger partial charge in [-0.3, -0.25) is 15.6 Å². The van der Waals surface area contributed by atoms with Gasteiger partial charge in [0, 0.05) is 5.69 Å². The molecule has 0 aromatic heterocycles. The molecule has 0 saturated heterocycles. The molecule has 0 aliphatic carbocycles. The van der Waals surface area contributed by atoms with E-state index in [-0.39, 0.29) is 29.0 Å². The summed E-state index contributed by atoms with van der Waals surface area (Å²) in [5.74, 6) is 0.551. The zero-order valence-electron chi connectivity index (χ0n) is 16.0. The Hall–Kier alpha value is -0.900. The summed E-state index contributed by atoms with van der Waals surface area (Å²) in [6, 6.07) is 7.23. The molecule has 0 fully saturated rings. The maximum absolute atomic E-state index is 12.1. The zero-order valence-corrected chi connectivity index (χ0v) is 19.3. The summed E-state index contributed by atoms with van der Waals surface area (Å²) >= 11 is 11.8. The maximum atomic E-state index is 12.1. The van der Waals surface area contributed by atoms with E-state index in [1.165, 1.54) is 11.4 Å². The van der Waals surface area contributed by atoms with E-state index in [9.17, 15) is 4.79 Å². The van der Waals surface area contributed by atoms with Crippen LogP contribution in [0.3, 0.4) is 0 Å². The molecule has 1 aromatic carbocycles. The first kappa shape index (κ1) is 24.1. The summed E-state index contributed by atoms with van der Waals surface area (Å²) < 4.78 is 16.6. The molecule has 0 atom stereocenters. The number of rotatable bonds is 9. The second-order valence-electron chi connectivity index (χ2n) is 5.88. The number of anilines is 1. The number of hydrazine groups is 1. The first-order valence-corrected chi connectivity index (χ1v) is 12.9. The molecular formula is C16H26N3O4PS3. The fraction of sp³-hybridized carbons (Fsp3) is 0.500. The molecule has 0 bridgehead atoms. The van der Waals surface area contributed by atoms with Gasteiger partial charge in [-0.25, -0.2) is 0 Å². The van der Waals surface area contributed by atoms with Crippen LogP contribution in [0, 0.1) is 0 Å². The summed E-state index contributed by atoms with van der Waals surface area (Å²) in [6.45, 7) is 7.54. The van der Waals surface area contributed by atoms with Gasteiger partial charge in [-0.1, -0.05) is 11.4 Å². The van der Waals surface area contributed by atoms with Gasteiger partial charge in [0.1, 0.15) is 5.75 Å². The van der Waals surface area contributed by atoms with Crippen molar-refractivity contribution in [3.05, 3.63) is 24.3 Å². The van der Waals surface area contributed by atoms with Gasteiger partial charge < -0.3 is 19.1 Å². The van der Waals surface area contributed by atoms with Crippen LogP contribution >= 0.6 is 29.3 Å². The van der Waals surface area contributed by atoms with E-state index in [0.717, 1.165) is 11.4 Å². The molecule has 1 rings (SSSR count). The van der Waals surface area contributed by atoms with Crippen LogP contribution in [0.15, 0.2) is 24.3 Å². The quantitative estimate of drug-likeness (QED) is 0.295. The Morgan fingerprint density at radius 2 is 1.67 bits per heavy atom. The first-order valence-electron chi connectivity index (χ1n) is 8.25. The molecule has 0 heterocycles. The highest BCUT2D eigenvalue weighted by Gasteiger charge is 2.24. The molecule has 11 heteroatoms. The van der Waals surface area contributed by atoms with Gasteiger partial charge in [-0.2, -0.15) is 0 Å². The average molecular weight is 452 g/mol. The van der Waals surface area contributed by atoms with Crippen LogP contribution in [-0.2, 0) is 25.6 Å². The number of nitrogens with one attached hydrogen (secondary N) is 3. The Kier molecular flexibility index (Phi) is 10.6. The molecule has 0 aliphatic rings. The predicted molar refractivity (Wildman–Crippen MR) is 120 cm³/mol. The Labute approximate surface area is 175 Å². The minimum atomic E-state index is -2.59. The molecule has 3 N–H and O–H groups in total. The lowest BCUT2D eigenvalue weighted by atomic mass is 10.3. The molecule has 0 spiro atoms. The van der Waals surface area contributed by atoms with Gasteiger partial charge in [0.25, 0.3) is 0 Å². The van der Waals surface area contributed by atoms with E-state index in [1.807, 2.05) is 39.8 Å².